The fraction of sp³-hybridized carbons (Fsp3) is 0.500. The lowest BCUT2D eigenvalue weighted by molar-refractivity contribution is 0.407. The van der Waals surface area contributed by atoms with Crippen LogP contribution < -0.4 is 4.74 Å². The van der Waals surface area contributed by atoms with Crippen LogP contribution in [0.2, 0.25) is 0 Å². The molecule has 1 rings (SSSR count). The van der Waals surface area contributed by atoms with Crippen molar-refractivity contribution in [3.8, 4) is 5.75 Å². The molecule has 3 nitrogen and oxygen atoms in total. The van der Waals surface area contributed by atoms with Gasteiger partial charge in [0.1, 0.15) is 5.75 Å². The highest BCUT2D eigenvalue weighted by atomic mass is 16.5. The summed E-state index contributed by atoms with van der Waals surface area (Å²) < 4.78 is 5.38. The zero-order valence-electron chi connectivity index (χ0n) is 10.9. The first-order valence-electron chi connectivity index (χ1n) is 5.81. The molecule has 17 heavy (non-hydrogen) atoms. The maximum absolute atomic E-state index is 10.0. The van der Waals surface area contributed by atoms with Crippen LogP contribution in [0.5, 0.6) is 5.75 Å². The summed E-state index contributed by atoms with van der Waals surface area (Å²) in [6.07, 6.45) is 2.34. The highest BCUT2D eigenvalue weighted by Crippen LogP contribution is 2.29. The lowest BCUT2D eigenvalue weighted by Gasteiger charge is -2.15. The molecule has 0 amide bonds. The lowest BCUT2D eigenvalue weighted by atomic mass is 9.95. The van der Waals surface area contributed by atoms with E-state index < -0.39 is 0 Å². The number of ether oxygens (including phenoxy) is 1. The van der Waals surface area contributed by atoms with E-state index in [4.69, 9.17) is 4.74 Å². The molecule has 0 unspecified atom stereocenters. The van der Waals surface area contributed by atoms with Crippen molar-refractivity contribution in [2.45, 2.75) is 33.1 Å². The maximum Gasteiger partial charge on any atom is 0.234 e. The summed E-state index contributed by atoms with van der Waals surface area (Å²) in [5.74, 6) is 1.35. The van der Waals surface area contributed by atoms with Gasteiger partial charge in [0.05, 0.1) is 13.7 Å². The Labute approximate surface area is 103 Å². The highest BCUT2D eigenvalue weighted by molar-refractivity contribution is 5.44. The molecule has 0 heterocycles. The summed E-state index contributed by atoms with van der Waals surface area (Å²) in [5.41, 5.74) is 3.59. The summed E-state index contributed by atoms with van der Waals surface area (Å²) >= 11 is 0. The topological polar surface area (TPSA) is 38.7 Å². The van der Waals surface area contributed by atoms with Crippen LogP contribution in [0.25, 0.3) is 0 Å². The quantitative estimate of drug-likeness (QED) is 0.579. The van der Waals surface area contributed by atoms with Gasteiger partial charge in [-0.15, -0.1) is 0 Å². The maximum atomic E-state index is 10.0. The van der Waals surface area contributed by atoms with E-state index in [-0.39, 0.29) is 0 Å². The smallest absolute Gasteiger partial charge is 0.234 e. The number of aliphatic imine (C=N–C) groups is 1. The Morgan fingerprint density at radius 1 is 1.41 bits per heavy atom. The molecule has 0 aliphatic carbocycles. The minimum absolute atomic E-state index is 0.416. The van der Waals surface area contributed by atoms with Gasteiger partial charge in [-0.25, -0.2) is 9.79 Å². The molecule has 0 aromatic heterocycles. The number of rotatable bonds is 5. The number of carbonyl (C=O) groups excluding carboxylic acids is 1. The molecule has 0 N–H and O–H groups in total. The normalized spacial score (nSPS) is 10.2. The standard InChI is InChI=1S/C14H19NO2/c1-10(2)13-8-12(5-6-15-9-16)11(3)7-14(13)17-4/h7-8,10H,5-6H2,1-4H3. The average Bonchev–Trinajstić information content (AvgIpc) is 2.30. The molecule has 0 aliphatic heterocycles. The van der Waals surface area contributed by atoms with Gasteiger partial charge < -0.3 is 4.74 Å². The third-order valence-corrected chi connectivity index (χ3v) is 2.87. The van der Waals surface area contributed by atoms with Crippen LogP contribution in [0.15, 0.2) is 17.1 Å². The van der Waals surface area contributed by atoms with Crippen LogP contribution in [0.3, 0.4) is 0 Å². The lowest BCUT2D eigenvalue weighted by Crippen LogP contribution is -2.00. The average molecular weight is 233 g/mol. The first-order valence-corrected chi connectivity index (χ1v) is 5.81. The second-order valence-electron chi connectivity index (χ2n) is 4.40. The number of methoxy groups -OCH3 is 1. The van der Waals surface area contributed by atoms with Crippen molar-refractivity contribution >= 4 is 6.08 Å². The Balaban J connectivity index is 3.05. The molecular formula is C14H19NO2. The van der Waals surface area contributed by atoms with Gasteiger partial charge >= 0.3 is 0 Å². The number of hydrogen-bond acceptors (Lipinski definition) is 3. The molecule has 1 aromatic carbocycles. The third kappa shape index (κ3) is 3.43. The molecule has 0 bridgehead atoms. The first-order chi connectivity index (χ1) is 8.10. The minimum atomic E-state index is 0.416. The molecule has 0 saturated heterocycles. The van der Waals surface area contributed by atoms with Crippen molar-refractivity contribution in [3.05, 3.63) is 28.8 Å². The van der Waals surface area contributed by atoms with E-state index in [1.54, 1.807) is 13.2 Å². The van der Waals surface area contributed by atoms with Gasteiger partial charge in [-0.2, -0.15) is 0 Å². The van der Waals surface area contributed by atoms with Crippen LogP contribution in [-0.4, -0.2) is 19.7 Å². The summed E-state index contributed by atoms with van der Waals surface area (Å²) in [4.78, 5) is 13.6. The SMILES string of the molecule is COc1cc(C)c(CCN=C=O)cc1C(C)C. The predicted octanol–water partition coefficient (Wildman–Crippen LogP) is 3.01. The minimum Gasteiger partial charge on any atom is -0.496 e. The number of hydrogen-bond donors (Lipinski definition) is 0. The summed E-state index contributed by atoms with van der Waals surface area (Å²) in [6.45, 7) is 6.82. The third-order valence-electron chi connectivity index (χ3n) is 2.87. The van der Waals surface area contributed by atoms with Crippen LogP contribution in [0, 0.1) is 6.92 Å². The molecule has 0 saturated carbocycles. The summed E-state index contributed by atoms with van der Waals surface area (Å²) in [6, 6.07) is 4.20. The van der Waals surface area contributed by atoms with Gasteiger partial charge in [-0.3, -0.25) is 0 Å². The van der Waals surface area contributed by atoms with Crippen LogP contribution in [0.1, 0.15) is 36.5 Å². The summed E-state index contributed by atoms with van der Waals surface area (Å²) in [7, 11) is 1.69. The van der Waals surface area contributed by atoms with Crippen LogP contribution in [0.4, 0.5) is 0 Å². The fourth-order valence-corrected chi connectivity index (χ4v) is 1.86. The van der Waals surface area contributed by atoms with E-state index in [1.165, 1.54) is 16.7 Å². The Bertz CT molecular complexity index is 432. The van der Waals surface area contributed by atoms with Crippen molar-refractivity contribution in [2.24, 2.45) is 4.99 Å². The Morgan fingerprint density at radius 3 is 2.65 bits per heavy atom. The van der Waals surface area contributed by atoms with Crippen molar-refractivity contribution in [1.82, 2.24) is 0 Å². The first kappa shape index (κ1) is 13.5. The van der Waals surface area contributed by atoms with Crippen molar-refractivity contribution in [2.75, 3.05) is 13.7 Å². The zero-order chi connectivity index (χ0) is 12.8. The highest BCUT2D eigenvalue weighted by Gasteiger charge is 2.10. The summed E-state index contributed by atoms with van der Waals surface area (Å²) in [5, 5.41) is 0. The second-order valence-corrected chi connectivity index (χ2v) is 4.40. The molecular weight excluding hydrogens is 214 g/mol. The largest absolute Gasteiger partial charge is 0.496 e. The van der Waals surface area contributed by atoms with Gasteiger partial charge in [0.15, 0.2) is 0 Å². The molecule has 0 radical (unpaired) electrons. The Hall–Kier alpha value is -1.60. The Morgan fingerprint density at radius 2 is 2.12 bits per heavy atom. The van der Waals surface area contributed by atoms with Crippen molar-refractivity contribution in [1.29, 1.82) is 0 Å². The van der Waals surface area contributed by atoms with Gasteiger partial charge in [-0.05, 0) is 42.0 Å². The van der Waals surface area contributed by atoms with E-state index in [1.807, 2.05) is 6.92 Å². The van der Waals surface area contributed by atoms with Gasteiger partial charge in [0, 0.05) is 0 Å². The second kappa shape index (κ2) is 6.21. The number of benzene rings is 1. The van der Waals surface area contributed by atoms with E-state index >= 15 is 0 Å². The number of nitrogens with zero attached hydrogens (tertiary/aromatic N) is 1. The van der Waals surface area contributed by atoms with E-state index in [2.05, 4.69) is 31.0 Å². The molecule has 0 fully saturated rings. The molecule has 92 valence electrons. The number of isocyanates is 1. The monoisotopic (exact) mass is 233 g/mol. The fourth-order valence-electron chi connectivity index (χ4n) is 1.86. The van der Waals surface area contributed by atoms with Gasteiger partial charge in [0.25, 0.3) is 0 Å². The molecule has 0 atom stereocenters. The van der Waals surface area contributed by atoms with E-state index in [0.717, 1.165) is 12.2 Å². The zero-order valence-corrected chi connectivity index (χ0v) is 10.9. The number of aryl methyl sites for hydroxylation is 1. The van der Waals surface area contributed by atoms with Gasteiger partial charge in [-0.1, -0.05) is 19.9 Å². The molecule has 0 aliphatic rings. The van der Waals surface area contributed by atoms with Gasteiger partial charge in [0.2, 0.25) is 6.08 Å². The van der Waals surface area contributed by atoms with Crippen LogP contribution >= 0.6 is 0 Å². The molecule has 3 heteroatoms. The van der Waals surface area contributed by atoms with E-state index in [9.17, 15) is 4.79 Å². The van der Waals surface area contributed by atoms with Crippen LogP contribution in [-0.2, 0) is 11.2 Å². The molecule has 0 spiro atoms. The van der Waals surface area contributed by atoms with Crippen molar-refractivity contribution in [3.63, 3.8) is 0 Å². The Kier molecular flexibility index (Phi) is 4.92. The van der Waals surface area contributed by atoms with E-state index in [0.29, 0.717) is 12.5 Å². The predicted molar refractivity (Wildman–Crippen MR) is 68.5 cm³/mol. The molecule has 1 aromatic rings. The van der Waals surface area contributed by atoms with Crippen molar-refractivity contribution < 1.29 is 9.53 Å².